The van der Waals surface area contributed by atoms with Gasteiger partial charge in [0.2, 0.25) is 5.91 Å². The van der Waals surface area contributed by atoms with Crippen LogP contribution in [0.3, 0.4) is 0 Å². The third-order valence-electron chi connectivity index (χ3n) is 5.82. The minimum absolute atomic E-state index is 0.0449. The summed E-state index contributed by atoms with van der Waals surface area (Å²) in [4.78, 5) is 19.4. The fraction of sp³-hybridized carbons (Fsp3) is 0.320. The minimum Gasteiger partial charge on any atom is -0.383 e. The van der Waals surface area contributed by atoms with Gasteiger partial charge in [-0.3, -0.25) is 9.78 Å². The normalized spacial score (nSPS) is 17.8. The van der Waals surface area contributed by atoms with E-state index in [4.69, 9.17) is 17.0 Å². The molecule has 1 aromatic carbocycles. The molecule has 3 heterocycles. The molecule has 7 nitrogen and oxygen atoms in total. The summed E-state index contributed by atoms with van der Waals surface area (Å²) in [5.74, 6) is -0.0449. The molecule has 1 amide bonds. The zero-order chi connectivity index (χ0) is 23.2. The number of benzene rings is 1. The van der Waals surface area contributed by atoms with Gasteiger partial charge in [0.05, 0.1) is 24.4 Å². The van der Waals surface area contributed by atoms with Crippen LogP contribution in [0.5, 0.6) is 0 Å². The maximum atomic E-state index is 12.7. The number of anilines is 1. The number of pyridine rings is 1. The van der Waals surface area contributed by atoms with E-state index in [2.05, 4.69) is 31.2 Å². The van der Waals surface area contributed by atoms with E-state index in [0.717, 1.165) is 29.2 Å². The van der Waals surface area contributed by atoms with Crippen molar-refractivity contribution in [3.05, 3.63) is 83.9 Å². The van der Waals surface area contributed by atoms with Crippen molar-refractivity contribution in [3.63, 3.8) is 0 Å². The van der Waals surface area contributed by atoms with Gasteiger partial charge in [0.25, 0.3) is 0 Å². The quantitative estimate of drug-likeness (QED) is 0.470. The molecule has 2 aromatic heterocycles. The summed E-state index contributed by atoms with van der Waals surface area (Å²) in [6.07, 6.45) is 4.16. The lowest BCUT2D eigenvalue weighted by Gasteiger charge is -2.28. The summed E-state index contributed by atoms with van der Waals surface area (Å²) in [5.41, 5.74) is 3.97. The molecule has 0 bridgehead atoms. The van der Waals surface area contributed by atoms with Gasteiger partial charge in [-0.2, -0.15) is 0 Å². The summed E-state index contributed by atoms with van der Waals surface area (Å²) in [7, 11) is 1.70. The van der Waals surface area contributed by atoms with Crippen LogP contribution in [0.2, 0.25) is 0 Å². The molecule has 33 heavy (non-hydrogen) atoms. The zero-order valence-electron chi connectivity index (χ0n) is 18.9. The molecular weight excluding hydrogens is 434 g/mol. The number of aromatic nitrogens is 2. The van der Waals surface area contributed by atoms with Gasteiger partial charge >= 0.3 is 0 Å². The van der Waals surface area contributed by atoms with E-state index in [-0.39, 0.29) is 18.0 Å². The molecule has 0 saturated carbocycles. The number of carbonyl (C=O) groups is 1. The van der Waals surface area contributed by atoms with E-state index in [1.54, 1.807) is 13.3 Å². The Morgan fingerprint density at radius 2 is 1.97 bits per heavy atom. The molecule has 1 aliphatic heterocycles. The summed E-state index contributed by atoms with van der Waals surface area (Å²) in [6.45, 7) is 3.86. The Morgan fingerprint density at radius 1 is 1.15 bits per heavy atom. The average Bonchev–Trinajstić information content (AvgIpc) is 3.42. The van der Waals surface area contributed by atoms with Crippen molar-refractivity contribution in [1.29, 1.82) is 0 Å². The fourth-order valence-corrected chi connectivity index (χ4v) is 4.47. The summed E-state index contributed by atoms with van der Waals surface area (Å²) in [6, 6.07) is 17.6. The SMILES string of the molecule is COCCn1cccc1C1C(c2ccccn2)NC(=S)N1CCC(=O)Nc1ccc(C)cc1. The Labute approximate surface area is 199 Å². The maximum Gasteiger partial charge on any atom is 0.226 e. The third-order valence-corrected chi connectivity index (χ3v) is 6.17. The Bertz CT molecular complexity index is 1080. The van der Waals surface area contributed by atoms with Crippen LogP contribution in [0.1, 0.15) is 35.5 Å². The van der Waals surface area contributed by atoms with Crippen molar-refractivity contribution in [2.24, 2.45) is 0 Å². The van der Waals surface area contributed by atoms with Gasteiger partial charge in [-0.05, 0) is 55.5 Å². The van der Waals surface area contributed by atoms with E-state index in [0.29, 0.717) is 24.7 Å². The van der Waals surface area contributed by atoms with E-state index < -0.39 is 0 Å². The first kappa shape index (κ1) is 22.9. The molecule has 3 aromatic rings. The van der Waals surface area contributed by atoms with Gasteiger partial charge in [-0.1, -0.05) is 23.8 Å². The molecule has 2 N–H and O–H groups in total. The number of thiocarbonyl (C=S) groups is 1. The smallest absolute Gasteiger partial charge is 0.226 e. The highest BCUT2D eigenvalue weighted by atomic mass is 32.1. The van der Waals surface area contributed by atoms with Crippen molar-refractivity contribution >= 4 is 28.9 Å². The number of rotatable bonds is 9. The Morgan fingerprint density at radius 3 is 2.70 bits per heavy atom. The fourth-order valence-electron chi connectivity index (χ4n) is 4.14. The van der Waals surface area contributed by atoms with Crippen molar-refractivity contribution in [2.75, 3.05) is 25.6 Å². The van der Waals surface area contributed by atoms with Crippen molar-refractivity contribution in [3.8, 4) is 0 Å². The second-order valence-electron chi connectivity index (χ2n) is 8.10. The first-order valence-corrected chi connectivity index (χ1v) is 11.5. The highest BCUT2D eigenvalue weighted by Crippen LogP contribution is 2.38. The largest absolute Gasteiger partial charge is 0.383 e. The standard InChI is InChI=1S/C25H29N5O2S/c1-18-8-10-19(11-9-18)27-22(31)12-15-30-24(21-7-5-14-29(21)16-17-32-2)23(28-25(30)33)20-6-3-4-13-26-20/h3-11,13-14,23-24H,12,15-17H2,1-2H3,(H,27,31)(H,28,33). The van der Waals surface area contributed by atoms with Crippen molar-refractivity contribution in [1.82, 2.24) is 19.8 Å². The number of nitrogens with zero attached hydrogens (tertiary/aromatic N) is 3. The molecule has 8 heteroatoms. The Kier molecular flexibility index (Phi) is 7.36. The number of hydrogen-bond donors (Lipinski definition) is 2. The Hall–Kier alpha value is -3.23. The topological polar surface area (TPSA) is 71.4 Å². The molecule has 0 aliphatic carbocycles. The van der Waals surface area contributed by atoms with Crippen LogP contribution in [0.15, 0.2) is 67.0 Å². The van der Waals surface area contributed by atoms with Gasteiger partial charge in [0.15, 0.2) is 5.11 Å². The summed E-state index contributed by atoms with van der Waals surface area (Å²) < 4.78 is 7.47. The second-order valence-corrected chi connectivity index (χ2v) is 8.49. The minimum atomic E-state index is -0.116. The lowest BCUT2D eigenvalue weighted by molar-refractivity contribution is -0.116. The number of carbonyl (C=O) groups excluding carboxylic acids is 1. The molecule has 1 saturated heterocycles. The Balaban J connectivity index is 1.54. The number of ether oxygens (including phenoxy) is 1. The number of nitrogens with one attached hydrogen (secondary N) is 2. The molecule has 0 spiro atoms. The highest BCUT2D eigenvalue weighted by Gasteiger charge is 2.41. The van der Waals surface area contributed by atoms with E-state index in [1.807, 2.05) is 61.7 Å². The molecule has 172 valence electrons. The number of aryl methyl sites for hydroxylation is 1. The maximum absolute atomic E-state index is 12.7. The van der Waals surface area contributed by atoms with Gasteiger partial charge in [0.1, 0.15) is 0 Å². The predicted octanol–water partition coefficient (Wildman–Crippen LogP) is 3.84. The molecule has 2 unspecified atom stereocenters. The molecular formula is C25H29N5O2S. The van der Waals surface area contributed by atoms with Crippen LogP contribution in [0, 0.1) is 6.92 Å². The van der Waals surface area contributed by atoms with Crippen molar-refractivity contribution < 1.29 is 9.53 Å². The number of methoxy groups -OCH3 is 1. The molecule has 4 rings (SSSR count). The lowest BCUT2D eigenvalue weighted by atomic mass is 10.0. The average molecular weight is 464 g/mol. The first-order valence-electron chi connectivity index (χ1n) is 11.1. The molecule has 2 atom stereocenters. The third kappa shape index (κ3) is 5.40. The zero-order valence-corrected chi connectivity index (χ0v) is 19.7. The van der Waals surface area contributed by atoms with Crippen LogP contribution in [0.25, 0.3) is 0 Å². The molecule has 1 fully saturated rings. The number of hydrogen-bond acceptors (Lipinski definition) is 4. The first-order chi connectivity index (χ1) is 16.1. The van der Waals surface area contributed by atoms with Gasteiger partial charge < -0.3 is 24.8 Å². The van der Waals surface area contributed by atoms with Crippen LogP contribution in [-0.4, -0.2) is 45.7 Å². The van der Waals surface area contributed by atoms with Gasteiger partial charge in [-0.25, -0.2) is 0 Å². The van der Waals surface area contributed by atoms with E-state index >= 15 is 0 Å². The van der Waals surface area contributed by atoms with Gasteiger partial charge in [0, 0.05) is 50.4 Å². The molecule has 1 aliphatic rings. The van der Waals surface area contributed by atoms with Crippen molar-refractivity contribution in [2.45, 2.75) is 32.0 Å². The second kappa shape index (κ2) is 10.6. The summed E-state index contributed by atoms with van der Waals surface area (Å²) in [5, 5.41) is 7.04. The highest BCUT2D eigenvalue weighted by molar-refractivity contribution is 7.80. The van der Waals surface area contributed by atoms with Crippen LogP contribution >= 0.6 is 12.2 Å². The van der Waals surface area contributed by atoms with E-state index in [1.165, 1.54) is 0 Å². The van der Waals surface area contributed by atoms with Gasteiger partial charge in [-0.15, -0.1) is 0 Å². The predicted molar refractivity (Wildman–Crippen MR) is 133 cm³/mol. The lowest BCUT2D eigenvalue weighted by Crippen LogP contribution is -2.33. The van der Waals surface area contributed by atoms with E-state index in [9.17, 15) is 4.79 Å². The molecule has 0 radical (unpaired) electrons. The van der Waals surface area contributed by atoms with Crippen LogP contribution in [0.4, 0.5) is 5.69 Å². The van der Waals surface area contributed by atoms with Crippen LogP contribution in [-0.2, 0) is 16.1 Å². The number of amides is 1. The van der Waals surface area contributed by atoms with Crippen LogP contribution < -0.4 is 10.6 Å². The monoisotopic (exact) mass is 463 g/mol. The summed E-state index contributed by atoms with van der Waals surface area (Å²) >= 11 is 5.72.